The second kappa shape index (κ2) is 6.88. The van der Waals surface area contributed by atoms with Gasteiger partial charge < -0.3 is 5.11 Å². The van der Waals surface area contributed by atoms with E-state index in [4.69, 9.17) is 0 Å². The topological polar surface area (TPSA) is 114 Å². The van der Waals surface area contributed by atoms with Crippen molar-refractivity contribution in [3.05, 3.63) is 41.6 Å². The molecule has 2 aromatic rings. The number of nitrogens with one attached hydrogen (secondary N) is 1. The van der Waals surface area contributed by atoms with Crippen molar-refractivity contribution >= 4 is 16.0 Å². The minimum absolute atomic E-state index is 0.113. The maximum absolute atomic E-state index is 12.2. The molecule has 9 heteroatoms. The zero-order chi connectivity index (χ0) is 17.0. The summed E-state index contributed by atoms with van der Waals surface area (Å²) in [5.41, 5.74) is 1.85. The van der Waals surface area contributed by atoms with Gasteiger partial charge in [-0.2, -0.15) is 0 Å². The van der Waals surface area contributed by atoms with Gasteiger partial charge in [0, 0.05) is 13.6 Å². The number of hydrogen-bond acceptors (Lipinski definition) is 5. The fourth-order valence-corrected chi connectivity index (χ4v) is 3.30. The SMILES string of the molecule is Cc1ccccc1CC(CNS(=O)(=O)c1cnnn1C)C(=O)O. The molecule has 2 rings (SSSR count). The van der Waals surface area contributed by atoms with Crippen LogP contribution in [0, 0.1) is 12.8 Å². The van der Waals surface area contributed by atoms with E-state index in [-0.39, 0.29) is 18.0 Å². The van der Waals surface area contributed by atoms with Gasteiger partial charge in [0.1, 0.15) is 0 Å². The predicted molar refractivity (Wildman–Crippen MR) is 82.2 cm³/mol. The Labute approximate surface area is 134 Å². The molecule has 124 valence electrons. The Morgan fingerprint density at radius 1 is 1.39 bits per heavy atom. The Balaban J connectivity index is 2.11. The molecule has 1 atom stereocenters. The number of hydrogen-bond donors (Lipinski definition) is 2. The van der Waals surface area contributed by atoms with Crippen LogP contribution < -0.4 is 4.72 Å². The molecule has 0 aliphatic heterocycles. The molecule has 0 aliphatic carbocycles. The number of benzene rings is 1. The van der Waals surface area contributed by atoms with E-state index in [0.29, 0.717) is 0 Å². The molecule has 0 amide bonds. The van der Waals surface area contributed by atoms with E-state index in [1.807, 2.05) is 31.2 Å². The highest BCUT2D eigenvalue weighted by Gasteiger charge is 2.24. The minimum Gasteiger partial charge on any atom is -0.481 e. The lowest BCUT2D eigenvalue weighted by Crippen LogP contribution is -2.35. The van der Waals surface area contributed by atoms with Crippen LogP contribution >= 0.6 is 0 Å². The van der Waals surface area contributed by atoms with Crippen molar-refractivity contribution < 1.29 is 18.3 Å². The first-order chi connectivity index (χ1) is 10.8. The average molecular weight is 338 g/mol. The van der Waals surface area contributed by atoms with Gasteiger partial charge in [0.15, 0.2) is 5.03 Å². The summed E-state index contributed by atoms with van der Waals surface area (Å²) in [4.78, 5) is 11.4. The molecule has 23 heavy (non-hydrogen) atoms. The van der Waals surface area contributed by atoms with E-state index in [2.05, 4.69) is 15.0 Å². The van der Waals surface area contributed by atoms with Gasteiger partial charge in [0.25, 0.3) is 10.0 Å². The molecule has 0 radical (unpaired) electrons. The smallest absolute Gasteiger partial charge is 0.308 e. The van der Waals surface area contributed by atoms with Gasteiger partial charge in [-0.1, -0.05) is 29.5 Å². The van der Waals surface area contributed by atoms with E-state index >= 15 is 0 Å². The van der Waals surface area contributed by atoms with E-state index in [1.165, 1.54) is 7.05 Å². The standard InChI is InChI=1S/C14H18N4O4S/c1-10-5-3-4-6-11(10)7-12(14(19)20)8-16-23(21,22)13-9-15-17-18(13)2/h3-6,9,12,16H,7-8H2,1-2H3,(H,19,20). The van der Waals surface area contributed by atoms with Crippen molar-refractivity contribution in [1.29, 1.82) is 0 Å². The molecule has 0 spiro atoms. The number of carboxylic acids is 1. The van der Waals surface area contributed by atoms with Gasteiger partial charge in [-0.3, -0.25) is 4.79 Å². The lowest BCUT2D eigenvalue weighted by atomic mass is 9.96. The molecule has 1 aromatic carbocycles. The van der Waals surface area contributed by atoms with Gasteiger partial charge in [-0.25, -0.2) is 17.8 Å². The minimum atomic E-state index is -3.85. The van der Waals surface area contributed by atoms with Crippen molar-refractivity contribution in [2.45, 2.75) is 18.4 Å². The second-order valence-corrected chi connectivity index (χ2v) is 6.93. The van der Waals surface area contributed by atoms with E-state index < -0.39 is 21.9 Å². The fraction of sp³-hybridized carbons (Fsp3) is 0.357. The summed E-state index contributed by atoms with van der Waals surface area (Å²) in [5, 5.41) is 16.3. The monoisotopic (exact) mass is 338 g/mol. The summed E-state index contributed by atoms with van der Waals surface area (Å²) in [6.45, 7) is 1.68. The van der Waals surface area contributed by atoms with E-state index in [1.54, 1.807) is 0 Å². The number of aryl methyl sites for hydroxylation is 2. The third-order valence-electron chi connectivity index (χ3n) is 3.54. The fourth-order valence-electron chi connectivity index (χ4n) is 2.16. The summed E-state index contributed by atoms with van der Waals surface area (Å²) in [6, 6.07) is 7.42. The zero-order valence-electron chi connectivity index (χ0n) is 12.8. The van der Waals surface area contributed by atoms with Crippen LogP contribution in [0.25, 0.3) is 0 Å². The molecule has 8 nitrogen and oxygen atoms in total. The van der Waals surface area contributed by atoms with Gasteiger partial charge >= 0.3 is 5.97 Å². The number of carboxylic acid groups (broad SMARTS) is 1. The van der Waals surface area contributed by atoms with Gasteiger partial charge in [0.05, 0.1) is 12.1 Å². The quantitative estimate of drug-likeness (QED) is 0.753. The van der Waals surface area contributed by atoms with Crippen LogP contribution in [0.1, 0.15) is 11.1 Å². The summed E-state index contributed by atoms with van der Waals surface area (Å²) in [5.74, 6) is -1.92. The van der Waals surface area contributed by atoms with Crippen molar-refractivity contribution in [2.75, 3.05) is 6.54 Å². The Hall–Kier alpha value is -2.26. The largest absolute Gasteiger partial charge is 0.481 e. The molecule has 0 fully saturated rings. The highest BCUT2D eigenvalue weighted by molar-refractivity contribution is 7.89. The van der Waals surface area contributed by atoms with Crippen LogP contribution in [0.2, 0.25) is 0 Å². The van der Waals surface area contributed by atoms with E-state index in [0.717, 1.165) is 22.0 Å². The summed E-state index contributed by atoms with van der Waals surface area (Å²) in [6.07, 6.45) is 1.35. The van der Waals surface area contributed by atoms with E-state index in [9.17, 15) is 18.3 Å². The molecular weight excluding hydrogens is 320 g/mol. The maximum Gasteiger partial charge on any atom is 0.308 e. The Kier molecular flexibility index (Phi) is 5.12. The average Bonchev–Trinajstić information content (AvgIpc) is 2.92. The summed E-state index contributed by atoms with van der Waals surface area (Å²) in [7, 11) is -2.41. The van der Waals surface area contributed by atoms with Crippen LogP contribution in [0.4, 0.5) is 0 Å². The van der Waals surface area contributed by atoms with Gasteiger partial charge in [-0.15, -0.1) is 5.10 Å². The number of rotatable bonds is 7. The molecule has 1 unspecified atom stereocenters. The first-order valence-corrected chi connectivity index (χ1v) is 8.41. The van der Waals surface area contributed by atoms with Crippen molar-refractivity contribution in [3.63, 3.8) is 0 Å². The normalized spacial score (nSPS) is 13.0. The molecular formula is C14H18N4O4S. The second-order valence-electron chi connectivity index (χ2n) is 5.21. The Morgan fingerprint density at radius 2 is 2.09 bits per heavy atom. The van der Waals surface area contributed by atoms with Crippen molar-refractivity contribution in [1.82, 2.24) is 19.7 Å². The van der Waals surface area contributed by atoms with Gasteiger partial charge in [-0.05, 0) is 24.5 Å². The maximum atomic E-state index is 12.2. The van der Waals surface area contributed by atoms with Crippen LogP contribution in [-0.2, 0) is 28.3 Å². The first-order valence-electron chi connectivity index (χ1n) is 6.93. The number of sulfonamides is 1. The van der Waals surface area contributed by atoms with Crippen molar-refractivity contribution in [2.24, 2.45) is 13.0 Å². The third kappa shape index (κ3) is 4.14. The molecule has 0 saturated heterocycles. The first kappa shape index (κ1) is 17.1. The van der Waals surface area contributed by atoms with Crippen LogP contribution in [0.15, 0.2) is 35.5 Å². The highest BCUT2D eigenvalue weighted by atomic mass is 32.2. The summed E-state index contributed by atoms with van der Waals surface area (Å²) >= 11 is 0. The molecule has 0 bridgehead atoms. The lowest BCUT2D eigenvalue weighted by Gasteiger charge is -2.15. The zero-order valence-corrected chi connectivity index (χ0v) is 13.6. The van der Waals surface area contributed by atoms with Gasteiger partial charge in [0.2, 0.25) is 0 Å². The molecule has 1 heterocycles. The molecule has 1 aromatic heterocycles. The molecule has 0 saturated carbocycles. The van der Waals surface area contributed by atoms with Crippen molar-refractivity contribution in [3.8, 4) is 0 Å². The van der Waals surface area contributed by atoms with Crippen LogP contribution in [-0.4, -0.2) is 41.0 Å². The van der Waals surface area contributed by atoms with Crippen LogP contribution in [0.3, 0.4) is 0 Å². The Bertz CT molecular complexity index is 801. The number of nitrogens with zero attached hydrogens (tertiary/aromatic N) is 3. The Morgan fingerprint density at radius 3 is 2.65 bits per heavy atom. The third-order valence-corrected chi connectivity index (χ3v) is 5.01. The van der Waals surface area contributed by atoms with Crippen LogP contribution in [0.5, 0.6) is 0 Å². The number of aliphatic carboxylic acids is 1. The molecule has 0 aliphatic rings. The number of aromatic nitrogens is 3. The highest BCUT2D eigenvalue weighted by Crippen LogP contribution is 2.14. The summed E-state index contributed by atoms with van der Waals surface area (Å²) < 4.78 is 27.7. The molecule has 2 N–H and O–H groups in total. The lowest BCUT2D eigenvalue weighted by molar-refractivity contribution is -0.141. The predicted octanol–water partition coefficient (Wildman–Crippen LogP) is 0.345. The number of carbonyl (C=O) groups is 1.